The van der Waals surface area contributed by atoms with Crippen molar-refractivity contribution in [2.24, 2.45) is 0 Å². The summed E-state index contributed by atoms with van der Waals surface area (Å²) in [6.45, 7) is 3.30. The maximum atomic E-state index is 14.4. The fraction of sp³-hybridized carbons (Fsp3) is 0.360. The molecule has 0 spiro atoms. The van der Waals surface area contributed by atoms with Gasteiger partial charge in [0.1, 0.15) is 5.69 Å². The summed E-state index contributed by atoms with van der Waals surface area (Å²) >= 11 is 0. The fourth-order valence-electron chi connectivity index (χ4n) is 5.07. The van der Waals surface area contributed by atoms with Crippen LogP contribution in [0, 0.1) is 23.0 Å². The van der Waals surface area contributed by atoms with Crippen molar-refractivity contribution in [2.45, 2.75) is 26.0 Å². The Morgan fingerprint density at radius 1 is 1.09 bits per heavy atom. The molecule has 34 heavy (non-hydrogen) atoms. The zero-order valence-corrected chi connectivity index (χ0v) is 18.6. The summed E-state index contributed by atoms with van der Waals surface area (Å²) in [5.41, 5.74) is 3.72. The molecule has 9 heteroatoms. The number of nitrogens with one attached hydrogen (secondary N) is 2. The Labute approximate surface area is 195 Å². The van der Waals surface area contributed by atoms with Gasteiger partial charge in [0.15, 0.2) is 11.6 Å². The van der Waals surface area contributed by atoms with E-state index >= 15 is 0 Å². The number of nitrogens with zero attached hydrogens (tertiary/aromatic N) is 3. The SMILES string of the molecule is N#Cc1cc(F)c(N2CCN(Cc3cc(CO)c4c5c(c(=O)[nH]c4c3)CCCN5)CC2)c(F)c1. The van der Waals surface area contributed by atoms with Gasteiger partial charge in [-0.3, -0.25) is 9.69 Å². The van der Waals surface area contributed by atoms with E-state index in [1.165, 1.54) is 0 Å². The number of piperazine rings is 1. The molecule has 0 saturated carbocycles. The number of aromatic nitrogens is 1. The summed E-state index contributed by atoms with van der Waals surface area (Å²) in [7, 11) is 0. The molecule has 3 N–H and O–H groups in total. The number of H-pyrrole nitrogens is 1. The minimum absolute atomic E-state index is 0.0390. The Morgan fingerprint density at radius 2 is 1.82 bits per heavy atom. The second kappa shape index (κ2) is 9.05. The van der Waals surface area contributed by atoms with E-state index in [2.05, 4.69) is 15.2 Å². The van der Waals surface area contributed by atoms with E-state index in [0.29, 0.717) is 44.7 Å². The number of benzene rings is 2. The molecule has 0 atom stereocenters. The van der Waals surface area contributed by atoms with Crippen LogP contribution in [-0.2, 0) is 19.6 Å². The summed E-state index contributed by atoms with van der Waals surface area (Å²) in [6.07, 6.45) is 1.61. The zero-order valence-electron chi connectivity index (χ0n) is 18.6. The van der Waals surface area contributed by atoms with Crippen LogP contribution >= 0.6 is 0 Å². The number of halogens is 2. The van der Waals surface area contributed by atoms with Crippen molar-refractivity contribution in [1.29, 1.82) is 5.26 Å². The highest BCUT2D eigenvalue weighted by atomic mass is 19.1. The summed E-state index contributed by atoms with van der Waals surface area (Å²) in [6, 6.07) is 7.79. The van der Waals surface area contributed by atoms with Crippen LogP contribution < -0.4 is 15.8 Å². The highest BCUT2D eigenvalue weighted by molar-refractivity contribution is 5.96. The lowest BCUT2D eigenvalue weighted by Gasteiger charge is -2.36. The Kier molecular flexibility index (Phi) is 5.94. The molecule has 0 radical (unpaired) electrons. The number of aliphatic hydroxyl groups excluding tert-OH is 1. The Bertz CT molecular complexity index is 1330. The van der Waals surface area contributed by atoms with Crippen molar-refractivity contribution in [3.05, 3.63) is 68.5 Å². The first-order valence-electron chi connectivity index (χ1n) is 11.4. The third kappa shape index (κ3) is 4.00. The molecule has 0 amide bonds. The molecular weight excluding hydrogens is 440 g/mol. The number of hydrogen-bond acceptors (Lipinski definition) is 6. The Morgan fingerprint density at radius 3 is 2.50 bits per heavy atom. The van der Waals surface area contributed by atoms with E-state index in [9.17, 15) is 18.7 Å². The van der Waals surface area contributed by atoms with Crippen molar-refractivity contribution in [3.63, 3.8) is 0 Å². The molecule has 0 aliphatic carbocycles. The maximum Gasteiger partial charge on any atom is 0.253 e. The van der Waals surface area contributed by atoms with Crippen molar-refractivity contribution in [3.8, 4) is 6.07 Å². The minimum atomic E-state index is -0.729. The van der Waals surface area contributed by atoms with Crippen molar-refractivity contribution in [2.75, 3.05) is 42.9 Å². The molecule has 7 nitrogen and oxygen atoms in total. The molecule has 5 rings (SSSR count). The Hall–Kier alpha value is -3.48. The highest BCUT2D eigenvalue weighted by Crippen LogP contribution is 2.32. The standard InChI is InChI=1S/C25H25F2N5O2/c26-19-9-15(12-28)10-20(27)24(19)32-6-4-31(5-7-32)13-16-8-17(14-33)22-21(11-16)30-25(34)18-2-1-3-29-23(18)22/h8-11,29,33H,1-7,13-14H2,(H,30,34). The van der Waals surface area contributed by atoms with E-state index in [-0.39, 0.29) is 23.4 Å². The predicted octanol–water partition coefficient (Wildman–Crippen LogP) is 2.85. The number of pyridine rings is 1. The van der Waals surface area contributed by atoms with Crippen LogP contribution in [0.15, 0.2) is 29.1 Å². The third-order valence-corrected chi connectivity index (χ3v) is 6.67. The van der Waals surface area contributed by atoms with Gasteiger partial charge in [0.25, 0.3) is 5.56 Å². The molecule has 2 aromatic carbocycles. The summed E-state index contributed by atoms with van der Waals surface area (Å²) in [4.78, 5) is 19.4. The van der Waals surface area contributed by atoms with Crippen LogP contribution in [0.1, 0.15) is 28.7 Å². The maximum absolute atomic E-state index is 14.4. The van der Waals surface area contributed by atoms with Crippen LogP contribution in [0.3, 0.4) is 0 Å². The zero-order chi connectivity index (χ0) is 23.8. The molecule has 2 aliphatic rings. The van der Waals surface area contributed by atoms with Gasteiger partial charge in [-0.25, -0.2) is 8.78 Å². The van der Waals surface area contributed by atoms with Crippen LogP contribution in [0.5, 0.6) is 0 Å². The van der Waals surface area contributed by atoms with Gasteiger partial charge in [-0.15, -0.1) is 0 Å². The van der Waals surface area contributed by atoms with Gasteiger partial charge in [0.05, 0.1) is 29.4 Å². The molecular formula is C25H25F2N5O2. The number of aliphatic hydroxyl groups is 1. The first kappa shape index (κ1) is 22.3. The van der Waals surface area contributed by atoms with E-state index in [1.807, 2.05) is 12.1 Å². The number of fused-ring (bicyclic) bond motifs is 3. The quantitative estimate of drug-likeness (QED) is 0.549. The van der Waals surface area contributed by atoms with E-state index in [1.54, 1.807) is 11.0 Å². The fourth-order valence-corrected chi connectivity index (χ4v) is 5.07. The Balaban J connectivity index is 1.36. The van der Waals surface area contributed by atoms with Gasteiger partial charge in [0, 0.05) is 50.2 Å². The van der Waals surface area contributed by atoms with Crippen LogP contribution in [-0.4, -0.2) is 47.7 Å². The molecule has 0 bridgehead atoms. The summed E-state index contributed by atoms with van der Waals surface area (Å²) < 4.78 is 28.8. The lowest BCUT2D eigenvalue weighted by atomic mass is 9.96. The number of nitriles is 1. The molecule has 176 valence electrons. The number of rotatable bonds is 4. The minimum Gasteiger partial charge on any atom is -0.392 e. The van der Waals surface area contributed by atoms with Gasteiger partial charge < -0.3 is 20.3 Å². The van der Waals surface area contributed by atoms with Crippen molar-refractivity contribution < 1.29 is 13.9 Å². The predicted molar refractivity (Wildman–Crippen MR) is 126 cm³/mol. The molecule has 3 heterocycles. The monoisotopic (exact) mass is 465 g/mol. The molecule has 1 aromatic heterocycles. The average molecular weight is 466 g/mol. The topological polar surface area (TPSA) is 95.4 Å². The largest absolute Gasteiger partial charge is 0.392 e. The van der Waals surface area contributed by atoms with E-state index in [0.717, 1.165) is 52.9 Å². The molecule has 3 aromatic rings. The first-order chi connectivity index (χ1) is 16.5. The van der Waals surface area contributed by atoms with Crippen LogP contribution in [0.4, 0.5) is 20.2 Å². The second-order valence-electron chi connectivity index (χ2n) is 8.84. The highest BCUT2D eigenvalue weighted by Gasteiger charge is 2.24. The first-order valence-corrected chi connectivity index (χ1v) is 11.4. The summed E-state index contributed by atoms with van der Waals surface area (Å²) in [5.74, 6) is -1.46. The van der Waals surface area contributed by atoms with Gasteiger partial charge in [-0.2, -0.15) is 5.26 Å². The smallest absolute Gasteiger partial charge is 0.253 e. The van der Waals surface area contributed by atoms with Crippen LogP contribution in [0.25, 0.3) is 10.9 Å². The van der Waals surface area contributed by atoms with Gasteiger partial charge in [-0.05, 0) is 42.2 Å². The normalized spacial score (nSPS) is 16.2. The molecule has 2 aliphatic heterocycles. The van der Waals surface area contributed by atoms with Gasteiger partial charge >= 0.3 is 0 Å². The third-order valence-electron chi connectivity index (χ3n) is 6.67. The lowest BCUT2D eigenvalue weighted by Crippen LogP contribution is -2.46. The van der Waals surface area contributed by atoms with Gasteiger partial charge in [-0.1, -0.05) is 6.07 Å². The summed E-state index contributed by atoms with van der Waals surface area (Å²) in [5, 5.41) is 23.1. The number of anilines is 2. The average Bonchev–Trinajstić information content (AvgIpc) is 2.84. The van der Waals surface area contributed by atoms with Gasteiger partial charge in [0.2, 0.25) is 0 Å². The molecule has 1 fully saturated rings. The van der Waals surface area contributed by atoms with Crippen molar-refractivity contribution >= 4 is 22.3 Å². The molecule has 0 unspecified atom stereocenters. The number of aromatic amines is 1. The molecule has 1 saturated heterocycles. The van der Waals surface area contributed by atoms with Crippen LogP contribution in [0.2, 0.25) is 0 Å². The van der Waals surface area contributed by atoms with Crippen molar-refractivity contribution in [1.82, 2.24) is 9.88 Å². The lowest BCUT2D eigenvalue weighted by molar-refractivity contribution is 0.248. The number of hydrogen-bond donors (Lipinski definition) is 3. The second-order valence-corrected chi connectivity index (χ2v) is 8.84. The van der Waals surface area contributed by atoms with E-state index < -0.39 is 11.6 Å². The van der Waals surface area contributed by atoms with E-state index in [4.69, 9.17) is 5.26 Å².